The summed E-state index contributed by atoms with van der Waals surface area (Å²) in [5.74, 6) is -1.61. The Balaban J connectivity index is 1.88. The minimum atomic E-state index is -0.819. The lowest BCUT2D eigenvalue weighted by Gasteiger charge is -2.39. The van der Waals surface area contributed by atoms with Crippen molar-refractivity contribution in [3.8, 4) is 0 Å². The Morgan fingerprint density at radius 2 is 1.84 bits per heavy atom. The van der Waals surface area contributed by atoms with E-state index in [9.17, 15) is 14.7 Å². The highest BCUT2D eigenvalue weighted by molar-refractivity contribution is 6.11. The Kier molecular flexibility index (Phi) is 4.39. The van der Waals surface area contributed by atoms with Gasteiger partial charge in [0.05, 0.1) is 25.0 Å². The maximum Gasteiger partial charge on any atom is 0.174 e. The molecule has 0 radical (unpaired) electrons. The zero-order valence-corrected chi connectivity index (χ0v) is 14.5. The molecule has 3 aliphatic rings. The van der Waals surface area contributed by atoms with Crippen molar-refractivity contribution >= 4 is 11.6 Å². The van der Waals surface area contributed by atoms with Crippen LogP contribution in [0, 0.1) is 17.8 Å². The Labute approximate surface area is 146 Å². The van der Waals surface area contributed by atoms with Gasteiger partial charge in [0.1, 0.15) is 5.76 Å². The number of Topliss-reactive ketones (excluding diaryl/α,β-unsaturated/α-hetero) is 1. The third-order valence-electron chi connectivity index (χ3n) is 4.84. The van der Waals surface area contributed by atoms with Gasteiger partial charge in [-0.2, -0.15) is 0 Å². The maximum absolute atomic E-state index is 12.8. The van der Waals surface area contributed by atoms with E-state index in [1.807, 2.05) is 25.1 Å². The van der Waals surface area contributed by atoms with Crippen molar-refractivity contribution in [3.63, 3.8) is 0 Å². The predicted molar refractivity (Wildman–Crippen MR) is 92.8 cm³/mol. The number of hydrogen-bond acceptors (Lipinski definition) is 6. The highest BCUT2D eigenvalue weighted by Gasteiger charge is 2.50. The number of rotatable bonds is 4. The molecule has 0 bridgehead atoms. The average molecular weight is 342 g/mol. The number of ketones is 2. The molecule has 0 spiro atoms. The van der Waals surface area contributed by atoms with Crippen LogP contribution in [0.5, 0.6) is 0 Å². The molecular formula is C19H22N2O4. The van der Waals surface area contributed by atoms with E-state index in [-0.39, 0.29) is 11.6 Å². The minimum Gasteiger partial charge on any atom is -0.500 e. The van der Waals surface area contributed by atoms with E-state index in [1.165, 1.54) is 13.2 Å². The summed E-state index contributed by atoms with van der Waals surface area (Å²) in [6, 6.07) is 0. The second kappa shape index (κ2) is 6.37. The zero-order valence-electron chi connectivity index (χ0n) is 14.5. The molecule has 3 aliphatic carbocycles. The molecule has 0 fully saturated rings. The molecule has 0 saturated carbocycles. The van der Waals surface area contributed by atoms with Crippen molar-refractivity contribution in [1.82, 2.24) is 4.90 Å². The van der Waals surface area contributed by atoms with Gasteiger partial charge < -0.3 is 20.5 Å². The number of nitrogens with zero attached hydrogens (tertiary/aromatic N) is 1. The third-order valence-corrected chi connectivity index (χ3v) is 4.84. The molecule has 0 heterocycles. The molecule has 0 aromatic heterocycles. The maximum atomic E-state index is 12.8. The summed E-state index contributed by atoms with van der Waals surface area (Å²) >= 11 is 0. The summed E-state index contributed by atoms with van der Waals surface area (Å²) < 4.78 is 5.43. The molecule has 25 heavy (non-hydrogen) atoms. The Bertz CT molecular complexity index is 770. The number of methoxy groups -OCH3 is 1. The SMILES string of the molecule is COC1=C(C2C=CC(N(C)C)=CC2O)C(=O)C1[C@@H]1C=CC(N)=CC1=O. The molecule has 4 atom stereocenters. The topological polar surface area (TPSA) is 92.9 Å². The van der Waals surface area contributed by atoms with Gasteiger partial charge in [0, 0.05) is 43.1 Å². The molecule has 6 heteroatoms. The molecule has 3 N–H and O–H groups in total. The molecule has 0 amide bonds. The Morgan fingerprint density at radius 3 is 2.40 bits per heavy atom. The van der Waals surface area contributed by atoms with E-state index in [1.54, 1.807) is 24.3 Å². The Hall–Kier alpha value is -2.60. The molecule has 3 unspecified atom stereocenters. The molecule has 0 aliphatic heterocycles. The van der Waals surface area contributed by atoms with Gasteiger partial charge >= 0.3 is 0 Å². The smallest absolute Gasteiger partial charge is 0.174 e. The van der Waals surface area contributed by atoms with Crippen LogP contribution in [0.3, 0.4) is 0 Å². The summed E-state index contributed by atoms with van der Waals surface area (Å²) in [5, 5.41) is 10.4. The largest absolute Gasteiger partial charge is 0.500 e. The van der Waals surface area contributed by atoms with E-state index in [4.69, 9.17) is 10.5 Å². The summed E-state index contributed by atoms with van der Waals surface area (Å²) in [7, 11) is 5.25. The summed E-state index contributed by atoms with van der Waals surface area (Å²) in [5.41, 5.74) is 7.31. The van der Waals surface area contributed by atoms with Crippen molar-refractivity contribution in [2.24, 2.45) is 23.5 Å². The fraction of sp³-hybridized carbons (Fsp3) is 0.368. The molecule has 0 aromatic rings. The standard InChI is InChI=1S/C19H22N2O4/c1-21(2)11-5-7-13(15(23)9-11)17-18(24)16(19(17)25-3)12-6-4-10(20)8-14(12)22/h4-9,12-13,15-16,23H,20H2,1-3H3/t12-,13?,15?,16?/m1/s1. The number of nitrogens with two attached hydrogens (primary N) is 1. The third kappa shape index (κ3) is 2.82. The van der Waals surface area contributed by atoms with E-state index in [2.05, 4.69) is 0 Å². The Morgan fingerprint density at radius 1 is 1.16 bits per heavy atom. The second-order valence-electron chi connectivity index (χ2n) is 6.62. The number of aliphatic hydroxyl groups excluding tert-OH is 1. The number of ether oxygens (including phenoxy) is 1. The number of carbonyl (C=O) groups excluding carboxylic acids is 2. The van der Waals surface area contributed by atoms with E-state index in [0.29, 0.717) is 17.0 Å². The first-order valence-corrected chi connectivity index (χ1v) is 8.12. The highest BCUT2D eigenvalue weighted by Crippen LogP contribution is 2.44. The van der Waals surface area contributed by atoms with Crippen LogP contribution < -0.4 is 5.73 Å². The lowest BCUT2D eigenvalue weighted by atomic mass is 9.66. The van der Waals surface area contributed by atoms with Crippen molar-refractivity contribution in [2.45, 2.75) is 6.10 Å². The monoisotopic (exact) mass is 342 g/mol. The quantitative estimate of drug-likeness (QED) is 0.780. The number of aliphatic hydroxyl groups is 1. The first-order valence-electron chi connectivity index (χ1n) is 8.12. The van der Waals surface area contributed by atoms with Crippen LogP contribution in [0.25, 0.3) is 0 Å². The van der Waals surface area contributed by atoms with Crippen LogP contribution in [0.4, 0.5) is 0 Å². The predicted octanol–water partition coefficient (Wildman–Crippen LogP) is 0.676. The lowest BCUT2D eigenvalue weighted by molar-refractivity contribution is -0.130. The van der Waals surface area contributed by atoms with Crippen LogP contribution >= 0.6 is 0 Å². The first-order chi connectivity index (χ1) is 11.8. The van der Waals surface area contributed by atoms with Crippen molar-refractivity contribution in [1.29, 1.82) is 0 Å². The van der Waals surface area contributed by atoms with E-state index >= 15 is 0 Å². The number of hydrogen-bond donors (Lipinski definition) is 2. The molecule has 6 nitrogen and oxygen atoms in total. The number of allylic oxidation sites excluding steroid dienone is 5. The van der Waals surface area contributed by atoms with Gasteiger partial charge in [0.15, 0.2) is 11.6 Å². The first kappa shape index (κ1) is 17.2. The number of carbonyl (C=O) groups is 2. The lowest BCUT2D eigenvalue weighted by Crippen LogP contribution is -2.45. The summed E-state index contributed by atoms with van der Waals surface area (Å²) in [6.07, 6.45) is 9.18. The molecule has 3 rings (SSSR count). The van der Waals surface area contributed by atoms with Gasteiger partial charge in [-0.15, -0.1) is 0 Å². The van der Waals surface area contributed by atoms with Gasteiger partial charge in [-0.1, -0.05) is 12.2 Å². The van der Waals surface area contributed by atoms with E-state index in [0.717, 1.165) is 5.70 Å². The van der Waals surface area contributed by atoms with Crippen LogP contribution in [0.1, 0.15) is 0 Å². The van der Waals surface area contributed by atoms with Gasteiger partial charge in [-0.3, -0.25) is 9.59 Å². The second-order valence-corrected chi connectivity index (χ2v) is 6.62. The van der Waals surface area contributed by atoms with Crippen LogP contribution in [0.15, 0.2) is 59.2 Å². The van der Waals surface area contributed by atoms with E-state index < -0.39 is 23.9 Å². The summed E-state index contributed by atoms with van der Waals surface area (Å²) in [6.45, 7) is 0. The van der Waals surface area contributed by atoms with Crippen LogP contribution in [-0.4, -0.2) is 48.9 Å². The highest BCUT2D eigenvalue weighted by atomic mass is 16.5. The zero-order chi connectivity index (χ0) is 18.3. The summed E-state index contributed by atoms with van der Waals surface area (Å²) in [4.78, 5) is 26.8. The van der Waals surface area contributed by atoms with Crippen LogP contribution in [-0.2, 0) is 14.3 Å². The normalized spacial score (nSPS) is 31.5. The van der Waals surface area contributed by atoms with Gasteiger partial charge in [0.2, 0.25) is 0 Å². The fourth-order valence-corrected chi connectivity index (χ4v) is 3.50. The van der Waals surface area contributed by atoms with Crippen molar-refractivity contribution in [2.75, 3.05) is 21.2 Å². The molecular weight excluding hydrogens is 320 g/mol. The van der Waals surface area contributed by atoms with Crippen molar-refractivity contribution in [3.05, 3.63) is 59.2 Å². The molecule has 0 aromatic carbocycles. The fourth-order valence-electron chi connectivity index (χ4n) is 3.50. The van der Waals surface area contributed by atoms with Gasteiger partial charge in [-0.25, -0.2) is 0 Å². The van der Waals surface area contributed by atoms with Crippen LogP contribution in [0.2, 0.25) is 0 Å². The van der Waals surface area contributed by atoms with Crippen molar-refractivity contribution < 1.29 is 19.4 Å². The molecule has 0 saturated heterocycles. The minimum absolute atomic E-state index is 0.163. The van der Waals surface area contributed by atoms with Gasteiger partial charge in [0.25, 0.3) is 0 Å². The number of likely N-dealkylation sites (N-methyl/N-ethyl adjacent to an activating group) is 1. The average Bonchev–Trinajstić information content (AvgIpc) is 2.55. The molecule has 132 valence electrons. The van der Waals surface area contributed by atoms with Gasteiger partial charge in [-0.05, 0) is 18.2 Å².